The van der Waals surface area contributed by atoms with Crippen molar-refractivity contribution in [3.63, 3.8) is 0 Å². The molecule has 0 aliphatic rings. The first-order valence-corrected chi connectivity index (χ1v) is 7.16. The molecule has 0 heterocycles. The highest BCUT2D eigenvalue weighted by atomic mass is 16.5. The van der Waals surface area contributed by atoms with Gasteiger partial charge in [-0.2, -0.15) is 0 Å². The number of benzene rings is 2. The Balaban J connectivity index is 2.31. The number of aryl methyl sites for hydroxylation is 1. The van der Waals surface area contributed by atoms with Gasteiger partial charge in [0.05, 0.1) is 0 Å². The standard InChI is InChI=1S/C18H23BO/c1-13-10-15(18(2,3)4)17(16(19)11-13)20-12-14-8-6-5-7-9-14/h5-11H,12,19H2,1-4H3. The van der Waals surface area contributed by atoms with Crippen LogP contribution in [-0.2, 0) is 12.0 Å². The monoisotopic (exact) mass is 266 g/mol. The van der Waals surface area contributed by atoms with Gasteiger partial charge < -0.3 is 4.74 Å². The van der Waals surface area contributed by atoms with Crippen molar-refractivity contribution in [2.24, 2.45) is 0 Å². The van der Waals surface area contributed by atoms with Gasteiger partial charge in [0.15, 0.2) is 0 Å². The lowest BCUT2D eigenvalue weighted by molar-refractivity contribution is 0.300. The van der Waals surface area contributed by atoms with Crippen molar-refractivity contribution in [2.75, 3.05) is 0 Å². The molecule has 0 aliphatic carbocycles. The molecule has 2 aromatic rings. The summed E-state index contributed by atoms with van der Waals surface area (Å²) >= 11 is 0. The van der Waals surface area contributed by atoms with Crippen LogP contribution in [0.15, 0.2) is 42.5 Å². The lowest BCUT2D eigenvalue weighted by atomic mass is 9.80. The molecule has 0 aliphatic heterocycles. The second-order valence-corrected chi connectivity index (χ2v) is 6.48. The van der Waals surface area contributed by atoms with Gasteiger partial charge in [-0.1, -0.05) is 68.8 Å². The van der Waals surface area contributed by atoms with Crippen molar-refractivity contribution in [2.45, 2.75) is 39.7 Å². The Hall–Kier alpha value is -1.70. The number of rotatable bonds is 3. The van der Waals surface area contributed by atoms with E-state index in [1.54, 1.807) is 0 Å². The van der Waals surface area contributed by atoms with E-state index in [4.69, 9.17) is 4.74 Å². The number of ether oxygens (including phenoxy) is 1. The first-order valence-electron chi connectivity index (χ1n) is 7.16. The zero-order chi connectivity index (χ0) is 14.8. The van der Waals surface area contributed by atoms with Crippen molar-refractivity contribution in [3.05, 3.63) is 59.2 Å². The fraction of sp³-hybridized carbons (Fsp3) is 0.333. The Labute approximate surface area is 123 Å². The second-order valence-electron chi connectivity index (χ2n) is 6.48. The summed E-state index contributed by atoms with van der Waals surface area (Å²) in [6, 6.07) is 14.8. The van der Waals surface area contributed by atoms with Crippen LogP contribution in [0.5, 0.6) is 5.75 Å². The van der Waals surface area contributed by atoms with Crippen LogP contribution in [-0.4, -0.2) is 7.85 Å². The lowest BCUT2D eigenvalue weighted by Gasteiger charge is -2.25. The van der Waals surface area contributed by atoms with Gasteiger partial charge in [-0.25, -0.2) is 0 Å². The van der Waals surface area contributed by atoms with Gasteiger partial charge in [0.25, 0.3) is 0 Å². The topological polar surface area (TPSA) is 9.23 Å². The maximum absolute atomic E-state index is 6.14. The third-order valence-electron chi connectivity index (χ3n) is 3.45. The van der Waals surface area contributed by atoms with E-state index in [2.05, 4.69) is 59.8 Å². The molecule has 20 heavy (non-hydrogen) atoms. The molecule has 0 fully saturated rings. The van der Waals surface area contributed by atoms with E-state index in [1.165, 1.54) is 22.2 Å². The Morgan fingerprint density at radius 3 is 2.30 bits per heavy atom. The molecule has 1 nitrogen and oxygen atoms in total. The zero-order valence-electron chi connectivity index (χ0n) is 13.2. The smallest absolute Gasteiger partial charge is 0.144 e. The van der Waals surface area contributed by atoms with Crippen LogP contribution in [0.1, 0.15) is 37.5 Å². The van der Waals surface area contributed by atoms with E-state index >= 15 is 0 Å². The lowest BCUT2D eigenvalue weighted by Crippen LogP contribution is -2.20. The SMILES string of the molecule is Bc1cc(C)cc(C(C)(C)C)c1OCc1ccccc1. The molecule has 0 amide bonds. The van der Waals surface area contributed by atoms with E-state index in [-0.39, 0.29) is 5.41 Å². The summed E-state index contributed by atoms with van der Waals surface area (Å²) in [7, 11) is 2.13. The summed E-state index contributed by atoms with van der Waals surface area (Å²) < 4.78 is 6.14. The van der Waals surface area contributed by atoms with Crippen molar-refractivity contribution >= 4 is 13.3 Å². The molecule has 0 saturated heterocycles. The molecule has 0 spiro atoms. The first kappa shape index (κ1) is 14.7. The zero-order valence-corrected chi connectivity index (χ0v) is 13.2. The highest BCUT2D eigenvalue weighted by molar-refractivity contribution is 6.34. The van der Waals surface area contributed by atoms with Crippen LogP contribution in [0.4, 0.5) is 0 Å². The summed E-state index contributed by atoms with van der Waals surface area (Å²) in [5, 5.41) is 0. The molecule has 0 saturated carbocycles. The van der Waals surface area contributed by atoms with Gasteiger partial charge in [0, 0.05) is 0 Å². The van der Waals surface area contributed by atoms with E-state index in [1.807, 2.05) is 18.2 Å². The van der Waals surface area contributed by atoms with Crippen LogP contribution in [0.25, 0.3) is 0 Å². The Morgan fingerprint density at radius 1 is 1.05 bits per heavy atom. The summed E-state index contributed by atoms with van der Waals surface area (Å²) in [6.07, 6.45) is 0. The number of hydrogen-bond donors (Lipinski definition) is 0. The summed E-state index contributed by atoms with van der Waals surface area (Å²) in [5.74, 6) is 1.03. The van der Waals surface area contributed by atoms with Gasteiger partial charge in [-0.15, -0.1) is 0 Å². The maximum atomic E-state index is 6.14. The van der Waals surface area contributed by atoms with E-state index < -0.39 is 0 Å². The Kier molecular flexibility index (Phi) is 4.22. The molecular weight excluding hydrogens is 243 g/mol. The summed E-state index contributed by atoms with van der Waals surface area (Å²) in [5.41, 5.74) is 5.08. The quantitative estimate of drug-likeness (QED) is 0.775. The predicted octanol–water partition coefficient (Wildman–Crippen LogP) is 3.13. The number of hydrogen-bond acceptors (Lipinski definition) is 1. The van der Waals surface area contributed by atoms with Crippen molar-refractivity contribution in [1.29, 1.82) is 0 Å². The average molecular weight is 266 g/mol. The molecule has 0 radical (unpaired) electrons. The third-order valence-corrected chi connectivity index (χ3v) is 3.45. The fourth-order valence-corrected chi connectivity index (χ4v) is 2.43. The molecule has 0 unspecified atom stereocenters. The van der Waals surface area contributed by atoms with Crippen LogP contribution in [0.3, 0.4) is 0 Å². The molecular formula is C18H23BO. The molecule has 0 N–H and O–H groups in total. The summed E-state index contributed by atoms with van der Waals surface area (Å²) in [4.78, 5) is 0. The molecule has 2 rings (SSSR count). The molecule has 0 atom stereocenters. The van der Waals surface area contributed by atoms with E-state index in [9.17, 15) is 0 Å². The third kappa shape index (κ3) is 3.44. The predicted molar refractivity (Wildman–Crippen MR) is 88.8 cm³/mol. The Bertz CT molecular complexity index is 582. The van der Waals surface area contributed by atoms with Crippen molar-refractivity contribution in [3.8, 4) is 5.75 Å². The molecule has 0 aromatic heterocycles. The molecule has 104 valence electrons. The Morgan fingerprint density at radius 2 is 1.70 bits per heavy atom. The molecule has 2 aromatic carbocycles. The highest BCUT2D eigenvalue weighted by Gasteiger charge is 2.20. The minimum absolute atomic E-state index is 0.0861. The van der Waals surface area contributed by atoms with E-state index in [0.29, 0.717) is 6.61 Å². The first-order chi connectivity index (χ1) is 9.38. The molecule has 2 heteroatoms. The van der Waals surface area contributed by atoms with Crippen LogP contribution >= 0.6 is 0 Å². The maximum Gasteiger partial charge on any atom is 0.144 e. The van der Waals surface area contributed by atoms with Gasteiger partial charge in [0.2, 0.25) is 0 Å². The van der Waals surface area contributed by atoms with Crippen molar-refractivity contribution in [1.82, 2.24) is 0 Å². The van der Waals surface area contributed by atoms with Crippen molar-refractivity contribution < 1.29 is 4.74 Å². The minimum Gasteiger partial charge on any atom is -0.489 e. The minimum atomic E-state index is 0.0861. The summed E-state index contributed by atoms with van der Waals surface area (Å²) in [6.45, 7) is 9.46. The highest BCUT2D eigenvalue weighted by Crippen LogP contribution is 2.31. The molecule has 0 bridgehead atoms. The fourth-order valence-electron chi connectivity index (χ4n) is 2.43. The average Bonchev–Trinajstić information content (AvgIpc) is 2.37. The van der Waals surface area contributed by atoms with E-state index in [0.717, 1.165) is 5.75 Å². The second kappa shape index (κ2) is 5.74. The van der Waals surface area contributed by atoms with Crippen LogP contribution in [0.2, 0.25) is 0 Å². The van der Waals surface area contributed by atoms with Gasteiger partial charge >= 0.3 is 0 Å². The van der Waals surface area contributed by atoms with Gasteiger partial charge in [-0.3, -0.25) is 0 Å². The largest absolute Gasteiger partial charge is 0.489 e. The normalized spacial score (nSPS) is 11.4. The van der Waals surface area contributed by atoms with Crippen LogP contribution in [0, 0.1) is 6.92 Å². The van der Waals surface area contributed by atoms with Crippen LogP contribution < -0.4 is 10.2 Å². The van der Waals surface area contributed by atoms with Gasteiger partial charge in [-0.05, 0) is 28.9 Å². The van der Waals surface area contributed by atoms with Gasteiger partial charge in [0.1, 0.15) is 20.2 Å².